The van der Waals surface area contributed by atoms with E-state index in [0.717, 1.165) is 0 Å². The van der Waals surface area contributed by atoms with Gasteiger partial charge in [-0.15, -0.1) is 0 Å². The predicted molar refractivity (Wildman–Crippen MR) is 153 cm³/mol. The van der Waals surface area contributed by atoms with Gasteiger partial charge in [-0.05, 0) is 55.6 Å². The maximum atomic E-state index is 11.9. The monoisotopic (exact) mass is 572 g/mol. The van der Waals surface area contributed by atoms with Crippen LogP contribution in [0.3, 0.4) is 0 Å². The van der Waals surface area contributed by atoms with Crippen molar-refractivity contribution in [2.75, 3.05) is 68.6 Å². The molecule has 2 amide bonds. The Labute approximate surface area is 240 Å². The quantitative estimate of drug-likeness (QED) is 0.367. The Balaban J connectivity index is 0.000000614. The number of carbonyl (C=O) groups is 4. The molecule has 0 spiro atoms. The van der Waals surface area contributed by atoms with Crippen molar-refractivity contribution in [3.63, 3.8) is 0 Å². The first-order chi connectivity index (χ1) is 18.3. The number of ketones is 2. The van der Waals surface area contributed by atoms with Crippen molar-refractivity contribution < 1.29 is 38.1 Å². The number of carbonyl (C=O) groups excluding carboxylic acids is 4. The zero-order chi connectivity index (χ0) is 31.3. The number of Topliss-reactive ketones (excluding diaryl/α,β-unsaturated/α-hetero) is 2. The van der Waals surface area contributed by atoms with Crippen LogP contribution in [0.5, 0.6) is 0 Å². The Morgan fingerprint density at radius 3 is 1.55 bits per heavy atom. The largest absolute Gasteiger partial charge is 0.444 e. The second-order valence-corrected chi connectivity index (χ2v) is 11.9. The molecule has 0 saturated carbocycles. The minimum absolute atomic E-state index is 0.100. The van der Waals surface area contributed by atoms with Crippen LogP contribution in [0.25, 0.3) is 0 Å². The molecule has 232 valence electrons. The minimum atomic E-state index is -0.510. The summed E-state index contributed by atoms with van der Waals surface area (Å²) < 4.78 is 20.2. The maximum Gasteiger partial charge on any atom is 0.410 e. The molecule has 2 saturated heterocycles. The standard InChI is InChI=1S/C13H22N2O3.C10H17NO3.C5H13NO2/c1-13(2,3)18-12(17)15-7-6-11(16)10(9-15)8-14(4)5;1-10(2,3)14-9(13)11-6-4-8(12)5-7-11;1-6(2)5(7-3)8-4/h8H,6-7,9H2,1-5H3;4-7H2,1-3H3;5H,1-4H3/b10-8-;;. The summed E-state index contributed by atoms with van der Waals surface area (Å²) in [5.41, 5.74) is -0.320. The SMILES string of the molecule is CC(C)(C)OC(=O)N1CCC(=O)CC1.CN(C)/C=C1/CN(C(=O)OC(C)(C)C)CCC1=O.COC(OC)N(C)C. The summed E-state index contributed by atoms with van der Waals surface area (Å²) in [5, 5.41) is 0. The van der Waals surface area contributed by atoms with Crippen molar-refractivity contribution in [3.8, 4) is 0 Å². The van der Waals surface area contributed by atoms with Crippen LogP contribution in [-0.2, 0) is 28.5 Å². The first-order valence-electron chi connectivity index (χ1n) is 13.4. The van der Waals surface area contributed by atoms with Crippen LogP contribution in [-0.4, -0.2) is 130 Å². The van der Waals surface area contributed by atoms with Gasteiger partial charge in [-0.2, -0.15) is 0 Å². The number of hydrogen-bond acceptors (Lipinski definition) is 10. The van der Waals surface area contributed by atoms with Crippen molar-refractivity contribution in [1.82, 2.24) is 19.6 Å². The summed E-state index contributed by atoms with van der Waals surface area (Å²) in [4.78, 5) is 52.9. The molecule has 0 radical (unpaired) electrons. The van der Waals surface area contributed by atoms with E-state index in [2.05, 4.69) is 0 Å². The normalized spacial score (nSPS) is 17.2. The van der Waals surface area contributed by atoms with Crippen molar-refractivity contribution in [2.45, 2.75) is 78.4 Å². The van der Waals surface area contributed by atoms with Crippen molar-refractivity contribution in [2.24, 2.45) is 0 Å². The van der Waals surface area contributed by atoms with E-state index in [-0.39, 0.29) is 30.2 Å². The lowest BCUT2D eigenvalue weighted by Crippen LogP contribution is -2.43. The molecule has 40 heavy (non-hydrogen) atoms. The van der Waals surface area contributed by atoms with Gasteiger partial charge in [0.2, 0.25) is 6.41 Å². The van der Waals surface area contributed by atoms with Gasteiger partial charge in [0.25, 0.3) is 0 Å². The second-order valence-electron chi connectivity index (χ2n) is 11.9. The highest BCUT2D eigenvalue weighted by atomic mass is 16.7. The third kappa shape index (κ3) is 16.4. The summed E-state index contributed by atoms with van der Waals surface area (Å²) >= 11 is 0. The smallest absolute Gasteiger partial charge is 0.410 e. The fourth-order valence-electron chi connectivity index (χ4n) is 3.46. The second kappa shape index (κ2) is 17.2. The Morgan fingerprint density at radius 2 is 1.20 bits per heavy atom. The molecule has 2 aliphatic rings. The molecule has 0 aromatic heterocycles. The van der Waals surface area contributed by atoms with Gasteiger partial charge >= 0.3 is 12.2 Å². The zero-order valence-corrected chi connectivity index (χ0v) is 26.7. The van der Waals surface area contributed by atoms with Gasteiger partial charge in [0, 0.05) is 79.0 Å². The van der Waals surface area contributed by atoms with Gasteiger partial charge in [-0.1, -0.05) is 0 Å². The summed E-state index contributed by atoms with van der Waals surface area (Å²) in [5.74, 6) is 0.327. The Morgan fingerprint density at radius 1 is 0.775 bits per heavy atom. The molecule has 2 fully saturated rings. The van der Waals surface area contributed by atoms with Gasteiger partial charge < -0.3 is 33.6 Å². The number of amides is 2. The van der Waals surface area contributed by atoms with E-state index in [1.54, 1.807) is 30.2 Å². The predicted octanol–water partition coefficient (Wildman–Crippen LogP) is 3.35. The lowest BCUT2D eigenvalue weighted by molar-refractivity contribution is -0.179. The van der Waals surface area contributed by atoms with Crippen molar-refractivity contribution >= 4 is 23.8 Å². The first kappa shape index (κ1) is 37.3. The first-order valence-corrected chi connectivity index (χ1v) is 13.4. The summed E-state index contributed by atoms with van der Waals surface area (Å²) in [6.45, 7) is 12.7. The van der Waals surface area contributed by atoms with E-state index < -0.39 is 11.2 Å². The van der Waals surface area contributed by atoms with Gasteiger partial charge in [0.15, 0.2) is 5.78 Å². The average molecular weight is 573 g/mol. The van der Waals surface area contributed by atoms with E-state index in [9.17, 15) is 19.2 Å². The van der Waals surface area contributed by atoms with Crippen molar-refractivity contribution in [3.05, 3.63) is 11.8 Å². The molecule has 2 rings (SSSR count). The highest BCUT2D eigenvalue weighted by Gasteiger charge is 2.29. The third-order valence-corrected chi connectivity index (χ3v) is 5.19. The van der Waals surface area contributed by atoms with Crippen LogP contribution < -0.4 is 0 Å². The lowest BCUT2D eigenvalue weighted by atomic mass is 10.0. The van der Waals surface area contributed by atoms with Crippen molar-refractivity contribution in [1.29, 1.82) is 0 Å². The molecular formula is C28H52N4O8. The van der Waals surface area contributed by atoms with Crippen LogP contribution in [0.15, 0.2) is 11.8 Å². The summed E-state index contributed by atoms with van der Waals surface area (Å²) in [6, 6.07) is 0. The van der Waals surface area contributed by atoms with Gasteiger partial charge in [-0.25, -0.2) is 9.59 Å². The van der Waals surface area contributed by atoms with Crippen LogP contribution in [0.1, 0.15) is 60.8 Å². The lowest BCUT2D eigenvalue weighted by Gasteiger charge is -2.30. The van der Waals surface area contributed by atoms with E-state index in [0.29, 0.717) is 51.0 Å². The Kier molecular flexibility index (Phi) is 16.0. The molecule has 12 nitrogen and oxygen atoms in total. The number of rotatable bonds is 4. The molecule has 0 atom stereocenters. The molecule has 0 aromatic rings. The van der Waals surface area contributed by atoms with Crippen LogP contribution in [0, 0.1) is 0 Å². The van der Waals surface area contributed by atoms with Crippen LogP contribution in [0.4, 0.5) is 9.59 Å². The summed E-state index contributed by atoms with van der Waals surface area (Å²) in [6.07, 6.45) is 2.15. The molecule has 0 N–H and O–H groups in total. The van der Waals surface area contributed by atoms with Gasteiger partial charge in [-0.3, -0.25) is 14.5 Å². The van der Waals surface area contributed by atoms with E-state index >= 15 is 0 Å². The minimum Gasteiger partial charge on any atom is -0.444 e. The molecular weight excluding hydrogens is 520 g/mol. The fraction of sp³-hybridized carbons (Fsp3) is 0.786. The number of likely N-dealkylation sites (tertiary alicyclic amines) is 2. The maximum absolute atomic E-state index is 11.9. The van der Waals surface area contributed by atoms with Gasteiger partial charge in [0.1, 0.15) is 17.0 Å². The molecule has 2 aliphatic heterocycles. The number of methoxy groups -OCH3 is 2. The number of hydrogen-bond donors (Lipinski definition) is 0. The molecule has 0 aliphatic carbocycles. The van der Waals surface area contributed by atoms with Crippen LogP contribution >= 0.6 is 0 Å². The summed E-state index contributed by atoms with van der Waals surface area (Å²) in [7, 11) is 10.7. The Bertz CT molecular complexity index is 845. The molecule has 0 bridgehead atoms. The zero-order valence-electron chi connectivity index (χ0n) is 26.7. The highest BCUT2D eigenvalue weighted by molar-refractivity contribution is 5.97. The molecule has 2 heterocycles. The average Bonchev–Trinajstić information content (AvgIpc) is 2.80. The topological polar surface area (TPSA) is 118 Å². The fourth-order valence-corrected chi connectivity index (χ4v) is 3.46. The number of piperidine rings is 2. The molecule has 0 aromatic carbocycles. The molecule has 12 heteroatoms. The van der Waals surface area contributed by atoms with Crippen LogP contribution in [0.2, 0.25) is 0 Å². The number of nitrogens with zero attached hydrogens (tertiary/aromatic N) is 4. The molecule has 0 unspecified atom stereocenters. The van der Waals surface area contributed by atoms with E-state index in [4.69, 9.17) is 18.9 Å². The number of ether oxygens (including phenoxy) is 4. The van der Waals surface area contributed by atoms with E-state index in [1.165, 1.54) is 0 Å². The van der Waals surface area contributed by atoms with Gasteiger partial charge in [0.05, 0.1) is 6.54 Å². The Hall–Kier alpha value is -2.70. The highest BCUT2D eigenvalue weighted by Crippen LogP contribution is 2.17. The van der Waals surface area contributed by atoms with E-state index in [1.807, 2.05) is 79.5 Å². The third-order valence-electron chi connectivity index (χ3n) is 5.19.